The second-order valence-electron chi connectivity index (χ2n) is 10.3. The Labute approximate surface area is 223 Å². The molecular weight excluding hydrogens is 572 g/mol. The van der Waals surface area contributed by atoms with E-state index in [1.165, 1.54) is 17.7 Å². The number of carbonyl (C=O) groups is 1. The molecule has 2 N–H and O–H groups in total. The summed E-state index contributed by atoms with van der Waals surface area (Å²) in [6, 6.07) is 3.77. The first-order chi connectivity index (χ1) is 16.9. The second kappa shape index (κ2) is 10.9. The van der Waals surface area contributed by atoms with Crippen LogP contribution in [0.25, 0.3) is 0 Å². The maximum absolute atomic E-state index is 12.4. The maximum atomic E-state index is 12.4. The molecule has 9 heteroatoms. The first kappa shape index (κ1) is 25.3. The lowest BCUT2D eigenvalue weighted by molar-refractivity contribution is -0.143. The summed E-state index contributed by atoms with van der Waals surface area (Å²) in [4.78, 5) is 28.0. The minimum atomic E-state index is -0.794. The molecule has 188 valence electrons. The fourth-order valence-corrected chi connectivity index (χ4v) is 6.94. The molecule has 1 saturated carbocycles. The molecule has 35 heavy (non-hydrogen) atoms. The van der Waals surface area contributed by atoms with Gasteiger partial charge in [-0.3, -0.25) is 9.69 Å². The van der Waals surface area contributed by atoms with Gasteiger partial charge in [0, 0.05) is 39.6 Å². The van der Waals surface area contributed by atoms with Gasteiger partial charge in [-0.15, -0.1) is 9.24 Å². The summed E-state index contributed by atoms with van der Waals surface area (Å²) in [5.74, 6) is 1.13. The average Bonchev–Trinajstić information content (AvgIpc) is 3.58. The number of aliphatic carboxylic acids is 1. The standard InChI is InChI=1S/C26H35IN5O2P/c27-26(35,11-2-1-5-20-9-8-18-4-3-12-29-24(18)31-20)19-10-13-32(15-19)23(25(33)34)21-14-28-16-30-22(21)17-6-7-17/h8-9,14,16-17,19,23H,1-7,10-13,15,35H2,(H,29,31)(H,33,34). The zero-order valence-corrected chi connectivity index (χ0v) is 23.4. The lowest BCUT2D eigenvalue weighted by atomic mass is 9.98. The van der Waals surface area contributed by atoms with Crippen molar-refractivity contribution in [3.63, 3.8) is 0 Å². The van der Waals surface area contributed by atoms with Crippen molar-refractivity contribution in [1.29, 1.82) is 0 Å². The van der Waals surface area contributed by atoms with Crippen LogP contribution >= 0.6 is 31.8 Å². The minimum Gasteiger partial charge on any atom is -0.480 e. The van der Waals surface area contributed by atoms with Gasteiger partial charge in [0.1, 0.15) is 18.2 Å². The molecule has 2 aliphatic heterocycles. The van der Waals surface area contributed by atoms with Crippen LogP contribution in [0.1, 0.15) is 79.4 Å². The number of pyridine rings is 1. The Morgan fingerprint density at radius 3 is 2.97 bits per heavy atom. The Kier molecular flexibility index (Phi) is 7.90. The number of nitrogens with one attached hydrogen (secondary N) is 1. The summed E-state index contributed by atoms with van der Waals surface area (Å²) in [5, 5.41) is 13.6. The number of fused-ring (bicyclic) bond motifs is 1. The number of unbranched alkanes of at least 4 members (excludes halogenated alkanes) is 1. The molecule has 0 aromatic carbocycles. The van der Waals surface area contributed by atoms with E-state index in [-0.39, 0.29) is 3.16 Å². The summed E-state index contributed by atoms with van der Waals surface area (Å²) in [7, 11) is 3.09. The normalized spacial score (nSPS) is 22.7. The highest BCUT2D eigenvalue weighted by molar-refractivity contribution is 14.1. The van der Waals surface area contributed by atoms with Gasteiger partial charge < -0.3 is 10.4 Å². The van der Waals surface area contributed by atoms with Crippen molar-refractivity contribution in [1.82, 2.24) is 19.9 Å². The number of aryl methyl sites for hydroxylation is 2. The SMILES string of the molecule is O=C(O)C(c1cncnc1C1CC1)N1CCC(C(P)(I)CCCCc2ccc3c(n2)NCCC3)C1. The van der Waals surface area contributed by atoms with Crippen molar-refractivity contribution in [2.45, 2.75) is 72.9 Å². The number of aromatic nitrogens is 3. The number of anilines is 1. The predicted octanol–water partition coefficient (Wildman–Crippen LogP) is 4.97. The maximum Gasteiger partial charge on any atom is 0.325 e. The molecule has 0 radical (unpaired) electrons. The molecule has 0 amide bonds. The summed E-state index contributed by atoms with van der Waals surface area (Å²) in [6.45, 7) is 2.61. The molecule has 2 aromatic rings. The van der Waals surface area contributed by atoms with Crippen LogP contribution < -0.4 is 5.32 Å². The lowest BCUT2D eigenvalue weighted by Crippen LogP contribution is -2.35. The summed E-state index contributed by atoms with van der Waals surface area (Å²) in [5.41, 5.74) is 4.24. The largest absolute Gasteiger partial charge is 0.480 e. The van der Waals surface area contributed by atoms with Gasteiger partial charge in [-0.05, 0) is 75.5 Å². The fraction of sp³-hybridized carbons (Fsp3) is 0.615. The average molecular weight is 607 g/mol. The van der Waals surface area contributed by atoms with E-state index in [0.29, 0.717) is 11.8 Å². The monoisotopic (exact) mass is 607 g/mol. The quantitative estimate of drug-likeness (QED) is 0.171. The highest BCUT2D eigenvalue weighted by Crippen LogP contribution is 2.47. The van der Waals surface area contributed by atoms with Crippen molar-refractivity contribution < 1.29 is 9.90 Å². The van der Waals surface area contributed by atoms with Crippen LogP contribution in [0.3, 0.4) is 0 Å². The van der Waals surface area contributed by atoms with Gasteiger partial charge in [-0.1, -0.05) is 35.1 Å². The van der Waals surface area contributed by atoms with Crippen LogP contribution in [0.2, 0.25) is 0 Å². The number of alkyl halides is 1. The second-order valence-corrected chi connectivity index (χ2v) is 14.5. The van der Waals surface area contributed by atoms with Crippen molar-refractivity contribution >= 4 is 43.6 Å². The molecule has 1 aliphatic carbocycles. The van der Waals surface area contributed by atoms with Gasteiger partial charge in [0.05, 0.1) is 5.69 Å². The van der Waals surface area contributed by atoms with Gasteiger partial charge >= 0.3 is 5.97 Å². The zero-order chi connectivity index (χ0) is 24.4. The van der Waals surface area contributed by atoms with Crippen LogP contribution in [-0.4, -0.2) is 53.7 Å². The third-order valence-corrected chi connectivity index (χ3v) is 9.90. The number of hydrogen-bond acceptors (Lipinski definition) is 6. The molecular formula is C26H35IN5O2P. The van der Waals surface area contributed by atoms with E-state index in [4.69, 9.17) is 4.98 Å². The van der Waals surface area contributed by atoms with Gasteiger partial charge in [0.2, 0.25) is 0 Å². The third kappa shape index (κ3) is 5.96. The Balaban J connectivity index is 1.16. The minimum absolute atomic E-state index is 0.0624. The first-order valence-electron chi connectivity index (χ1n) is 12.9. The zero-order valence-electron chi connectivity index (χ0n) is 20.1. The topological polar surface area (TPSA) is 91.2 Å². The number of rotatable bonds is 10. The fourth-order valence-electron chi connectivity index (χ4n) is 5.57. The molecule has 0 bridgehead atoms. The molecule has 1 saturated heterocycles. The van der Waals surface area contributed by atoms with E-state index in [1.807, 2.05) is 0 Å². The Morgan fingerprint density at radius 1 is 1.31 bits per heavy atom. The highest BCUT2D eigenvalue weighted by Gasteiger charge is 2.42. The molecule has 3 aliphatic rings. The van der Waals surface area contributed by atoms with E-state index >= 15 is 0 Å². The first-order valence-corrected chi connectivity index (χ1v) is 14.5. The number of carboxylic acids is 1. The summed E-state index contributed by atoms with van der Waals surface area (Å²) in [6.07, 6.45) is 13.2. The van der Waals surface area contributed by atoms with Crippen LogP contribution in [0, 0.1) is 5.92 Å². The molecule has 7 nitrogen and oxygen atoms in total. The van der Waals surface area contributed by atoms with Gasteiger partial charge in [0.15, 0.2) is 0 Å². The molecule has 4 atom stereocenters. The van der Waals surface area contributed by atoms with Crippen LogP contribution in [0.4, 0.5) is 5.82 Å². The molecule has 2 aromatic heterocycles. The Morgan fingerprint density at radius 2 is 2.17 bits per heavy atom. The number of carboxylic acid groups (broad SMARTS) is 1. The van der Waals surface area contributed by atoms with Crippen LogP contribution in [0.15, 0.2) is 24.7 Å². The predicted molar refractivity (Wildman–Crippen MR) is 149 cm³/mol. The van der Waals surface area contributed by atoms with Crippen molar-refractivity contribution in [2.24, 2.45) is 5.92 Å². The van der Waals surface area contributed by atoms with Crippen molar-refractivity contribution in [3.8, 4) is 0 Å². The number of halogens is 1. The number of hydrogen-bond donors (Lipinski definition) is 2. The molecule has 2 fully saturated rings. The van der Waals surface area contributed by atoms with E-state index in [1.54, 1.807) is 12.5 Å². The van der Waals surface area contributed by atoms with Crippen molar-refractivity contribution in [2.75, 3.05) is 25.0 Å². The van der Waals surface area contributed by atoms with Crippen LogP contribution in [0.5, 0.6) is 0 Å². The Bertz CT molecular complexity index is 1060. The van der Waals surface area contributed by atoms with Gasteiger partial charge in [0.25, 0.3) is 0 Å². The van der Waals surface area contributed by atoms with Crippen molar-refractivity contribution in [3.05, 3.63) is 47.2 Å². The summed E-state index contributed by atoms with van der Waals surface area (Å²) < 4.78 is 0.0624. The molecule has 4 unspecified atom stereocenters. The van der Waals surface area contributed by atoms with E-state index in [2.05, 4.69) is 64.1 Å². The Hall–Kier alpha value is -1.38. The van der Waals surface area contributed by atoms with Gasteiger partial charge in [-0.2, -0.15) is 0 Å². The van der Waals surface area contributed by atoms with Crippen LogP contribution in [-0.2, 0) is 17.6 Å². The molecule has 0 spiro atoms. The number of likely N-dealkylation sites (tertiary alicyclic amines) is 1. The smallest absolute Gasteiger partial charge is 0.325 e. The molecule has 5 rings (SSSR count). The number of nitrogens with zero attached hydrogens (tertiary/aromatic N) is 4. The third-order valence-electron chi connectivity index (χ3n) is 7.72. The lowest BCUT2D eigenvalue weighted by Gasteiger charge is -2.31. The summed E-state index contributed by atoms with van der Waals surface area (Å²) >= 11 is 2.59. The van der Waals surface area contributed by atoms with E-state index in [0.717, 1.165) is 88.1 Å². The van der Waals surface area contributed by atoms with E-state index < -0.39 is 12.0 Å². The molecule has 4 heterocycles. The highest BCUT2D eigenvalue weighted by atomic mass is 127. The van der Waals surface area contributed by atoms with E-state index in [9.17, 15) is 9.90 Å². The van der Waals surface area contributed by atoms with Gasteiger partial charge in [-0.25, -0.2) is 15.0 Å².